The second kappa shape index (κ2) is 7.85. The van der Waals surface area contributed by atoms with E-state index in [1.807, 2.05) is 4.90 Å². The minimum atomic E-state index is -0.736. The Morgan fingerprint density at radius 1 is 1.25 bits per heavy atom. The van der Waals surface area contributed by atoms with E-state index in [9.17, 15) is 18.4 Å². The third kappa shape index (κ3) is 3.91. The van der Waals surface area contributed by atoms with E-state index in [4.69, 9.17) is 11.5 Å². The smallest absolute Gasteiger partial charge is 0.267 e. The second-order valence-electron chi connectivity index (χ2n) is 6.76. The summed E-state index contributed by atoms with van der Waals surface area (Å²) in [7, 11) is 0. The average molecular weight is 386 g/mol. The lowest BCUT2D eigenvalue weighted by Gasteiger charge is -2.30. The van der Waals surface area contributed by atoms with E-state index in [0.29, 0.717) is 54.9 Å². The Bertz CT molecular complexity index is 988. The molecule has 3 rings (SSSR count). The van der Waals surface area contributed by atoms with Crippen LogP contribution in [0, 0.1) is 11.6 Å². The van der Waals surface area contributed by atoms with Crippen LogP contribution >= 0.6 is 0 Å². The Kier molecular flexibility index (Phi) is 5.51. The minimum Gasteiger partial charge on any atom is -0.401 e. The third-order valence-electron chi connectivity index (χ3n) is 4.81. The van der Waals surface area contributed by atoms with Gasteiger partial charge in [0.15, 0.2) is 0 Å². The van der Waals surface area contributed by atoms with Gasteiger partial charge in [0.1, 0.15) is 23.6 Å². The largest absolute Gasteiger partial charge is 0.401 e. The van der Waals surface area contributed by atoms with Gasteiger partial charge in [0.25, 0.3) is 5.91 Å². The van der Waals surface area contributed by atoms with Crippen molar-refractivity contribution in [2.45, 2.75) is 19.9 Å². The highest BCUT2D eigenvalue weighted by atomic mass is 19.1. The number of rotatable bonds is 5. The molecule has 28 heavy (non-hydrogen) atoms. The summed E-state index contributed by atoms with van der Waals surface area (Å²) < 4.78 is 27.7. The van der Waals surface area contributed by atoms with Crippen LogP contribution in [0.3, 0.4) is 0 Å². The molecule has 0 radical (unpaired) electrons. The molecular weight excluding hydrogens is 366 g/mol. The summed E-state index contributed by atoms with van der Waals surface area (Å²) in [4.78, 5) is 28.9. The first-order valence-corrected chi connectivity index (χ1v) is 8.71. The number of fused-ring (bicyclic) bond motifs is 1. The van der Waals surface area contributed by atoms with Gasteiger partial charge in [-0.1, -0.05) is 0 Å². The Morgan fingerprint density at radius 3 is 2.64 bits per heavy atom. The number of carbonyl (C=O) groups is 2. The van der Waals surface area contributed by atoms with Crippen molar-refractivity contribution in [2.24, 2.45) is 11.5 Å². The number of carbonyl (C=O) groups excluding carboxylic acids is 2. The highest BCUT2D eigenvalue weighted by Crippen LogP contribution is 2.32. The lowest BCUT2D eigenvalue weighted by molar-refractivity contribution is -0.104. The molecule has 1 aliphatic heterocycles. The third-order valence-corrected chi connectivity index (χ3v) is 4.81. The zero-order valence-corrected chi connectivity index (χ0v) is 15.3. The molecule has 1 amide bonds. The van der Waals surface area contributed by atoms with Crippen LogP contribution in [0.5, 0.6) is 0 Å². The number of amides is 1. The Morgan fingerprint density at radius 2 is 2.00 bits per heavy atom. The average Bonchev–Trinajstić information content (AvgIpc) is 2.66. The van der Waals surface area contributed by atoms with Crippen LogP contribution in [-0.4, -0.2) is 35.2 Å². The monoisotopic (exact) mass is 386 g/mol. The van der Waals surface area contributed by atoms with Crippen molar-refractivity contribution < 1.29 is 18.4 Å². The van der Waals surface area contributed by atoms with Gasteiger partial charge in [0, 0.05) is 42.5 Å². The van der Waals surface area contributed by atoms with E-state index in [-0.39, 0.29) is 11.3 Å². The van der Waals surface area contributed by atoms with Gasteiger partial charge in [0.2, 0.25) is 0 Å². The number of pyridine rings is 1. The number of benzene rings is 1. The summed E-state index contributed by atoms with van der Waals surface area (Å²) >= 11 is 0. The highest BCUT2D eigenvalue weighted by Gasteiger charge is 2.24. The zero-order chi connectivity index (χ0) is 20.4. The summed E-state index contributed by atoms with van der Waals surface area (Å²) in [6.45, 7) is 2.97. The Balaban J connectivity index is 2.04. The van der Waals surface area contributed by atoms with Crippen molar-refractivity contribution in [3.05, 3.63) is 64.1 Å². The summed E-state index contributed by atoms with van der Waals surface area (Å²) in [6, 6.07) is 4.75. The predicted octanol–water partition coefficient (Wildman–Crippen LogP) is 1.92. The molecule has 6 nitrogen and oxygen atoms in total. The summed E-state index contributed by atoms with van der Waals surface area (Å²) in [5.74, 6) is -2.14. The molecule has 8 heteroatoms. The maximum atomic E-state index is 14.4. The maximum Gasteiger partial charge on any atom is 0.267 e. The fourth-order valence-corrected chi connectivity index (χ4v) is 3.25. The van der Waals surface area contributed by atoms with Crippen molar-refractivity contribution >= 4 is 12.2 Å². The molecule has 0 aliphatic carbocycles. The van der Waals surface area contributed by atoms with Crippen molar-refractivity contribution in [3.8, 4) is 11.1 Å². The molecule has 1 aromatic carbocycles. The first-order chi connectivity index (χ1) is 13.3. The van der Waals surface area contributed by atoms with Gasteiger partial charge >= 0.3 is 0 Å². The lowest BCUT2D eigenvalue weighted by atomic mass is 9.92. The number of hydrogen-bond acceptors (Lipinski definition) is 5. The van der Waals surface area contributed by atoms with Crippen LogP contribution in [-0.2, 0) is 17.8 Å². The number of allylic oxidation sites excluding steroid dienone is 1. The molecule has 0 saturated carbocycles. The van der Waals surface area contributed by atoms with Crippen LogP contribution in [0.15, 0.2) is 35.5 Å². The van der Waals surface area contributed by atoms with Crippen LogP contribution in [0.1, 0.15) is 28.7 Å². The normalized spacial score (nSPS) is 15.0. The molecular formula is C20H20F2N4O2. The van der Waals surface area contributed by atoms with Gasteiger partial charge in [-0.15, -0.1) is 0 Å². The van der Waals surface area contributed by atoms with Crippen LogP contribution < -0.4 is 11.5 Å². The number of aromatic nitrogens is 1. The van der Waals surface area contributed by atoms with Crippen molar-refractivity contribution in [1.82, 2.24) is 9.88 Å². The molecule has 2 aromatic rings. The van der Waals surface area contributed by atoms with Gasteiger partial charge < -0.3 is 11.5 Å². The predicted molar refractivity (Wildman–Crippen MR) is 100 cm³/mol. The summed E-state index contributed by atoms with van der Waals surface area (Å²) in [5, 5.41) is 0. The molecule has 0 saturated heterocycles. The standard InChI is InChI=1S/C20H20F2N4O2/c1-11(10-27)17(23)8-26-5-4-14-15(13-3-2-12(21)6-16(13)22)7-18(20(24)28)25-19(14)9-26/h2-3,6-7,10H,4-5,8-9,23H2,1H3,(H2,24,28). The molecule has 1 aromatic heterocycles. The number of nitrogens with zero attached hydrogens (tertiary/aromatic N) is 2. The van der Waals surface area contributed by atoms with Gasteiger partial charge in [-0.25, -0.2) is 13.8 Å². The molecule has 0 atom stereocenters. The number of nitrogens with two attached hydrogens (primary N) is 2. The zero-order valence-electron chi connectivity index (χ0n) is 15.3. The fraction of sp³-hybridized carbons (Fsp3) is 0.250. The summed E-state index contributed by atoms with van der Waals surface area (Å²) in [5.41, 5.74) is 14.3. The SMILES string of the molecule is CC(C=O)=C(N)CN1CCc2c(-c3ccc(F)cc3F)cc(C(N)=O)nc2C1. The van der Waals surface area contributed by atoms with Crippen LogP contribution in [0.25, 0.3) is 11.1 Å². The van der Waals surface area contributed by atoms with E-state index in [2.05, 4.69) is 4.98 Å². The molecule has 2 heterocycles. The maximum absolute atomic E-state index is 14.4. The number of hydrogen-bond donors (Lipinski definition) is 2. The van der Waals surface area contributed by atoms with Crippen molar-refractivity contribution in [2.75, 3.05) is 13.1 Å². The Labute approximate surface area is 160 Å². The first kappa shape index (κ1) is 19.6. The second-order valence-corrected chi connectivity index (χ2v) is 6.76. The van der Waals surface area contributed by atoms with Crippen molar-refractivity contribution in [3.63, 3.8) is 0 Å². The van der Waals surface area contributed by atoms with Gasteiger partial charge in [0.05, 0.1) is 5.69 Å². The van der Waals surface area contributed by atoms with Crippen molar-refractivity contribution in [1.29, 1.82) is 0 Å². The Hall–Kier alpha value is -3.13. The molecule has 1 aliphatic rings. The van der Waals surface area contributed by atoms with Crippen LogP contribution in [0.4, 0.5) is 8.78 Å². The molecule has 0 unspecified atom stereocenters. The molecule has 0 spiro atoms. The number of halogens is 2. The van der Waals surface area contributed by atoms with E-state index in [0.717, 1.165) is 17.7 Å². The van der Waals surface area contributed by atoms with Gasteiger partial charge in [-0.05, 0) is 42.7 Å². The summed E-state index contributed by atoms with van der Waals surface area (Å²) in [6.07, 6.45) is 1.23. The van der Waals surface area contributed by atoms with E-state index < -0.39 is 17.5 Å². The van der Waals surface area contributed by atoms with Gasteiger partial charge in [-0.2, -0.15) is 0 Å². The van der Waals surface area contributed by atoms with Gasteiger partial charge in [-0.3, -0.25) is 14.5 Å². The molecule has 0 bridgehead atoms. The molecule has 146 valence electrons. The fourth-order valence-electron chi connectivity index (χ4n) is 3.25. The quantitative estimate of drug-likeness (QED) is 0.604. The van der Waals surface area contributed by atoms with E-state index in [1.165, 1.54) is 12.1 Å². The number of aldehydes is 1. The highest BCUT2D eigenvalue weighted by molar-refractivity contribution is 5.92. The first-order valence-electron chi connectivity index (χ1n) is 8.71. The van der Waals surface area contributed by atoms with E-state index >= 15 is 0 Å². The number of primary amides is 1. The van der Waals surface area contributed by atoms with Crippen LogP contribution in [0.2, 0.25) is 0 Å². The van der Waals surface area contributed by atoms with E-state index in [1.54, 1.807) is 6.92 Å². The minimum absolute atomic E-state index is 0.00640. The molecule has 0 fully saturated rings. The topological polar surface area (TPSA) is 102 Å². The lowest BCUT2D eigenvalue weighted by Crippen LogP contribution is -2.35. The molecule has 4 N–H and O–H groups in total.